The van der Waals surface area contributed by atoms with Gasteiger partial charge in [-0.15, -0.1) is 11.3 Å². The molecule has 0 unspecified atom stereocenters. The van der Waals surface area contributed by atoms with Crippen molar-refractivity contribution in [3.05, 3.63) is 39.8 Å². The Kier molecular flexibility index (Phi) is 6.62. The molecule has 0 aliphatic carbocycles. The van der Waals surface area contributed by atoms with Gasteiger partial charge in [0.2, 0.25) is 0 Å². The lowest BCUT2D eigenvalue weighted by molar-refractivity contribution is 0.0449. The number of nitrogens with zero attached hydrogens (tertiary/aromatic N) is 1. The fourth-order valence-corrected chi connectivity index (χ4v) is 3.29. The number of carbonyl (C=O) groups excluding carboxylic acids is 2. The van der Waals surface area contributed by atoms with E-state index in [0.717, 1.165) is 11.3 Å². The highest BCUT2D eigenvalue weighted by Gasteiger charge is 2.25. The van der Waals surface area contributed by atoms with Gasteiger partial charge in [-0.1, -0.05) is 6.07 Å². The molecule has 27 heavy (non-hydrogen) atoms. The summed E-state index contributed by atoms with van der Waals surface area (Å²) in [6.07, 6.45) is 0. The molecule has 1 heterocycles. The van der Waals surface area contributed by atoms with Gasteiger partial charge in [-0.2, -0.15) is 5.26 Å². The number of benzene rings is 1. The topological polar surface area (TPSA) is 121 Å². The van der Waals surface area contributed by atoms with Crippen LogP contribution in [-0.4, -0.2) is 32.8 Å². The minimum Gasteiger partial charge on any atom is -0.493 e. The van der Waals surface area contributed by atoms with Crippen LogP contribution in [0.3, 0.4) is 0 Å². The van der Waals surface area contributed by atoms with Crippen LogP contribution in [0.25, 0.3) is 0 Å². The number of ether oxygens (including phenoxy) is 4. The van der Waals surface area contributed by atoms with Gasteiger partial charge in [0, 0.05) is 5.56 Å². The number of rotatable bonds is 7. The molecule has 1 aromatic heterocycles. The normalized spacial score (nSPS) is 10.0. The molecule has 0 aliphatic rings. The van der Waals surface area contributed by atoms with Crippen molar-refractivity contribution in [2.24, 2.45) is 0 Å². The summed E-state index contributed by atoms with van der Waals surface area (Å²) in [5.41, 5.74) is 6.26. The summed E-state index contributed by atoms with van der Waals surface area (Å²) in [5.74, 6) is -0.729. The molecule has 0 radical (unpaired) electrons. The van der Waals surface area contributed by atoms with Crippen LogP contribution in [0.2, 0.25) is 0 Å². The number of esters is 2. The first kappa shape index (κ1) is 20.1. The van der Waals surface area contributed by atoms with E-state index in [1.807, 2.05) is 6.07 Å². The zero-order valence-electron chi connectivity index (χ0n) is 15.0. The van der Waals surface area contributed by atoms with Crippen LogP contribution in [0.5, 0.6) is 11.5 Å². The molecule has 0 atom stereocenters. The average Bonchev–Trinajstić information content (AvgIpc) is 3.00. The fraction of sp³-hybridized carbons (Fsp3) is 0.278. The van der Waals surface area contributed by atoms with E-state index in [2.05, 4.69) is 0 Å². The minimum absolute atomic E-state index is 0.0912. The second-order valence-corrected chi connectivity index (χ2v) is 6.15. The van der Waals surface area contributed by atoms with Gasteiger partial charge >= 0.3 is 11.9 Å². The quantitative estimate of drug-likeness (QED) is 0.716. The number of anilines is 1. The summed E-state index contributed by atoms with van der Waals surface area (Å²) in [7, 11) is 2.85. The molecule has 0 aliphatic heterocycles. The van der Waals surface area contributed by atoms with Crippen molar-refractivity contribution < 1.29 is 28.5 Å². The second kappa shape index (κ2) is 8.91. The summed E-state index contributed by atoms with van der Waals surface area (Å²) < 4.78 is 20.6. The van der Waals surface area contributed by atoms with Crippen molar-refractivity contribution in [3.63, 3.8) is 0 Å². The van der Waals surface area contributed by atoms with Crippen molar-refractivity contribution in [2.75, 3.05) is 26.6 Å². The maximum atomic E-state index is 12.5. The molecule has 1 aromatic carbocycles. The van der Waals surface area contributed by atoms with Gasteiger partial charge in [0.15, 0.2) is 11.5 Å². The molecule has 0 bridgehead atoms. The Morgan fingerprint density at radius 1 is 1.19 bits per heavy atom. The Labute approximate surface area is 160 Å². The van der Waals surface area contributed by atoms with E-state index in [1.165, 1.54) is 20.3 Å². The highest BCUT2D eigenvalue weighted by Crippen LogP contribution is 2.34. The number of nitriles is 1. The van der Waals surface area contributed by atoms with Gasteiger partial charge in [-0.3, -0.25) is 0 Å². The molecule has 0 spiro atoms. The number of methoxy groups -OCH3 is 2. The van der Waals surface area contributed by atoms with E-state index < -0.39 is 11.9 Å². The van der Waals surface area contributed by atoms with Crippen molar-refractivity contribution in [3.8, 4) is 17.6 Å². The molecule has 142 valence electrons. The van der Waals surface area contributed by atoms with Gasteiger partial charge in [0.05, 0.1) is 26.4 Å². The third-order valence-electron chi connectivity index (χ3n) is 3.58. The summed E-state index contributed by atoms with van der Waals surface area (Å²) in [6, 6.07) is 6.70. The number of nitrogen functional groups attached to an aromatic ring is 1. The number of para-hydroxylation sites is 1. The highest BCUT2D eigenvalue weighted by molar-refractivity contribution is 7.18. The largest absolute Gasteiger partial charge is 0.493 e. The summed E-state index contributed by atoms with van der Waals surface area (Å²) in [4.78, 5) is 24.7. The number of hydrogen-bond donors (Lipinski definition) is 1. The van der Waals surface area contributed by atoms with Crippen LogP contribution >= 0.6 is 11.3 Å². The minimum atomic E-state index is -0.700. The fourth-order valence-electron chi connectivity index (χ4n) is 2.37. The maximum Gasteiger partial charge on any atom is 0.348 e. The summed E-state index contributed by atoms with van der Waals surface area (Å²) in [5, 5.41) is 9.46. The van der Waals surface area contributed by atoms with Crippen molar-refractivity contribution in [1.82, 2.24) is 0 Å². The van der Waals surface area contributed by atoms with Gasteiger partial charge in [0.25, 0.3) is 0 Å². The zero-order valence-corrected chi connectivity index (χ0v) is 15.8. The van der Waals surface area contributed by atoms with Crippen LogP contribution in [0, 0.1) is 11.3 Å². The van der Waals surface area contributed by atoms with Crippen molar-refractivity contribution >= 4 is 28.3 Å². The van der Waals surface area contributed by atoms with Gasteiger partial charge in [-0.05, 0) is 19.1 Å². The molecule has 2 N–H and O–H groups in total. The first-order valence-corrected chi connectivity index (χ1v) is 8.66. The summed E-state index contributed by atoms with van der Waals surface area (Å²) >= 11 is 0.920. The Hall–Kier alpha value is -3.25. The van der Waals surface area contributed by atoms with Gasteiger partial charge in [-0.25, -0.2) is 9.59 Å². The predicted octanol–water partition coefficient (Wildman–Crippen LogP) is 2.75. The van der Waals surface area contributed by atoms with E-state index in [0.29, 0.717) is 5.75 Å². The molecule has 2 rings (SSSR count). The van der Waals surface area contributed by atoms with E-state index in [-0.39, 0.29) is 45.5 Å². The van der Waals surface area contributed by atoms with Gasteiger partial charge in [0.1, 0.15) is 28.1 Å². The third-order valence-corrected chi connectivity index (χ3v) is 4.62. The summed E-state index contributed by atoms with van der Waals surface area (Å²) in [6.45, 7) is 1.51. The molecule has 0 amide bonds. The average molecular weight is 390 g/mol. The Morgan fingerprint density at radius 2 is 1.93 bits per heavy atom. The van der Waals surface area contributed by atoms with Crippen molar-refractivity contribution in [2.45, 2.75) is 13.5 Å². The first-order chi connectivity index (χ1) is 13.0. The highest BCUT2D eigenvalue weighted by atomic mass is 32.1. The molecule has 0 saturated heterocycles. The molecule has 2 aromatic rings. The smallest absolute Gasteiger partial charge is 0.348 e. The molecule has 0 fully saturated rings. The lowest BCUT2D eigenvalue weighted by atomic mass is 10.1. The monoisotopic (exact) mass is 390 g/mol. The van der Waals surface area contributed by atoms with Crippen LogP contribution < -0.4 is 15.2 Å². The maximum absolute atomic E-state index is 12.5. The van der Waals surface area contributed by atoms with E-state index in [4.69, 9.17) is 24.7 Å². The van der Waals surface area contributed by atoms with E-state index in [9.17, 15) is 14.9 Å². The van der Waals surface area contributed by atoms with Gasteiger partial charge < -0.3 is 24.7 Å². The Balaban J connectivity index is 2.31. The molecular weight excluding hydrogens is 372 g/mol. The van der Waals surface area contributed by atoms with E-state index in [1.54, 1.807) is 19.1 Å². The van der Waals surface area contributed by atoms with Crippen LogP contribution in [0.4, 0.5) is 5.00 Å². The van der Waals surface area contributed by atoms with Crippen LogP contribution in [0.1, 0.15) is 38.1 Å². The second-order valence-electron chi connectivity index (χ2n) is 5.10. The lowest BCUT2D eigenvalue weighted by Gasteiger charge is -2.12. The molecule has 9 heteroatoms. The number of hydrogen-bond acceptors (Lipinski definition) is 9. The standard InChI is InChI=1S/C18H18N2O6S/c1-4-25-18(22)15-12(11(8-19)16(20)27-15)9-26-17(21)10-6-5-7-13(23-2)14(10)24-3/h5-7H,4,9,20H2,1-3H3. The third kappa shape index (κ3) is 4.12. The zero-order chi connectivity index (χ0) is 20.0. The molecular formula is C18H18N2O6S. The Morgan fingerprint density at radius 3 is 2.52 bits per heavy atom. The predicted molar refractivity (Wildman–Crippen MR) is 98.1 cm³/mol. The molecule has 8 nitrogen and oxygen atoms in total. The van der Waals surface area contributed by atoms with Crippen LogP contribution in [-0.2, 0) is 16.1 Å². The van der Waals surface area contributed by atoms with Crippen molar-refractivity contribution in [1.29, 1.82) is 5.26 Å². The number of carbonyl (C=O) groups is 2. The number of thiophene rings is 1. The number of nitrogens with two attached hydrogens (primary N) is 1. The first-order valence-electron chi connectivity index (χ1n) is 7.84. The van der Waals surface area contributed by atoms with E-state index >= 15 is 0 Å². The Bertz CT molecular complexity index is 900. The lowest BCUT2D eigenvalue weighted by Crippen LogP contribution is -2.11. The molecule has 0 saturated carbocycles. The van der Waals surface area contributed by atoms with Crippen LogP contribution in [0.15, 0.2) is 18.2 Å². The SMILES string of the molecule is CCOC(=O)c1sc(N)c(C#N)c1COC(=O)c1cccc(OC)c1OC.